The Morgan fingerprint density at radius 3 is 2.75 bits per heavy atom. The number of aromatic nitrogens is 1. The molecule has 1 unspecified atom stereocenters. The molecular weight excluding hydrogens is 272 g/mol. The fourth-order valence-electron chi connectivity index (χ4n) is 1.94. The molecule has 0 radical (unpaired) electrons. The molecule has 0 aliphatic carbocycles. The zero-order valence-corrected chi connectivity index (χ0v) is 12.7. The van der Waals surface area contributed by atoms with Gasteiger partial charge in [0, 0.05) is 7.11 Å². The minimum Gasteiger partial charge on any atom is -0.378 e. The van der Waals surface area contributed by atoms with Gasteiger partial charge in [-0.25, -0.2) is 4.98 Å². The van der Waals surface area contributed by atoms with Crippen molar-refractivity contribution in [2.24, 2.45) is 0 Å². The summed E-state index contributed by atoms with van der Waals surface area (Å²) >= 11 is 1.38. The largest absolute Gasteiger partial charge is 0.378 e. The van der Waals surface area contributed by atoms with E-state index >= 15 is 0 Å². The molecule has 20 heavy (non-hydrogen) atoms. The molecule has 0 saturated carbocycles. The second kappa shape index (κ2) is 6.63. The number of nitrogens with one attached hydrogen (secondary N) is 1. The molecule has 1 atom stereocenters. The maximum absolute atomic E-state index is 12.3. The zero-order valence-electron chi connectivity index (χ0n) is 11.8. The van der Waals surface area contributed by atoms with Crippen LogP contribution < -0.4 is 5.32 Å². The Morgan fingerprint density at radius 2 is 2.10 bits per heavy atom. The monoisotopic (exact) mass is 290 g/mol. The van der Waals surface area contributed by atoms with Gasteiger partial charge in [-0.15, -0.1) is 11.3 Å². The van der Waals surface area contributed by atoms with E-state index in [9.17, 15) is 4.79 Å². The number of methoxy groups -OCH3 is 1. The molecule has 0 saturated heterocycles. The highest BCUT2D eigenvalue weighted by Gasteiger charge is 2.17. The number of carbonyl (C=O) groups excluding carboxylic acids is 1. The van der Waals surface area contributed by atoms with Gasteiger partial charge in [0.05, 0.1) is 18.3 Å². The van der Waals surface area contributed by atoms with E-state index in [1.165, 1.54) is 11.3 Å². The minimum atomic E-state index is -0.0845. The summed E-state index contributed by atoms with van der Waals surface area (Å²) in [4.78, 5) is 17.3. The highest BCUT2D eigenvalue weighted by molar-refractivity contribution is 7.13. The van der Waals surface area contributed by atoms with Crippen molar-refractivity contribution >= 4 is 17.2 Å². The summed E-state index contributed by atoms with van der Waals surface area (Å²) < 4.78 is 5.04. The van der Waals surface area contributed by atoms with E-state index in [0.29, 0.717) is 11.5 Å². The van der Waals surface area contributed by atoms with Gasteiger partial charge in [0.15, 0.2) is 0 Å². The highest BCUT2D eigenvalue weighted by Crippen LogP contribution is 2.20. The second-order valence-corrected chi connectivity index (χ2v) is 5.64. The molecule has 2 aromatic rings. The van der Waals surface area contributed by atoms with Crippen molar-refractivity contribution in [1.29, 1.82) is 0 Å². The Kier molecular flexibility index (Phi) is 4.87. The van der Waals surface area contributed by atoms with Crippen LogP contribution >= 0.6 is 11.3 Å². The van der Waals surface area contributed by atoms with E-state index in [0.717, 1.165) is 16.3 Å². The number of carbonyl (C=O) groups is 1. The van der Waals surface area contributed by atoms with Crippen LogP contribution in [0.1, 0.15) is 38.9 Å². The maximum Gasteiger partial charge on any atom is 0.263 e. The molecule has 0 aliphatic heterocycles. The first-order chi connectivity index (χ1) is 9.61. The van der Waals surface area contributed by atoms with E-state index in [1.54, 1.807) is 7.11 Å². The lowest BCUT2D eigenvalue weighted by Gasteiger charge is -2.13. The number of aryl methyl sites for hydroxylation is 1. The zero-order chi connectivity index (χ0) is 14.5. The molecule has 0 spiro atoms. The number of nitrogens with zero attached hydrogens (tertiary/aromatic N) is 1. The Bertz CT molecular complexity index is 581. The molecule has 1 aromatic carbocycles. The molecule has 0 bridgehead atoms. The molecule has 1 aromatic heterocycles. The van der Waals surface area contributed by atoms with Gasteiger partial charge in [-0.1, -0.05) is 30.3 Å². The van der Waals surface area contributed by atoms with Gasteiger partial charge in [-0.3, -0.25) is 4.79 Å². The fourth-order valence-corrected chi connectivity index (χ4v) is 2.88. The standard InChI is InChI=1S/C15H18N2O2S/c1-10(12-7-5-4-6-8-12)17-15(18)14-11(2)16-13(20-14)9-19-3/h4-8,10H,9H2,1-3H3,(H,17,18). The number of hydrogen-bond donors (Lipinski definition) is 1. The van der Waals surface area contributed by atoms with Crippen molar-refractivity contribution in [1.82, 2.24) is 10.3 Å². The summed E-state index contributed by atoms with van der Waals surface area (Å²) in [5, 5.41) is 3.82. The Hall–Kier alpha value is -1.72. The molecule has 1 amide bonds. The van der Waals surface area contributed by atoms with Crippen LogP contribution in [-0.4, -0.2) is 18.0 Å². The van der Waals surface area contributed by atoms with Crippen LogP contribution in [0.5, 0.6) is 0 Å². The van der Waals surface area contributed by atoms with Gasteiger partial charge in [-0.2, -0.15) is 0 Å². The predicted molar refractivity (Wildman–Crippen MR) is 79.9 cm³/mol. The lowest BCUT2D eigenvalue weighted by atomic mass is 10.1. The topological polar surface area (TPSA) is 51.2 Å². The van der Waals surface area contributed by atoms with Gasteiger partial charge in [0.2, 0.25) is 0 Å². The van der Waals surface area contributed by atoms with Gasteiger partial charge < -0.3 is 10.1 Å². The van der Waals surface area contributed by atoms with Crippen molar-refractivity contribution in [3.05, 3.63) is 51.5 Å². The molecule has 0 fully saturated rings. The number of hydrogen-bond acceptors (Lipinski definition) is 4. The lowest BCUT2D eigenvalue weighted by Crippen LogP contribution is -2.26. The van der Waals surface area contributed by atoms with Crippen molar-refractivity contribution in [3.63, 3.8) is 0 Å². The van der Waals surface area contributed by atoms with Crippen molar-refractivity contribution in [2.45, 2.75) is 26.5 Å². The molecule has 106 valence electrons. The third-order valence-electron chi connectivity index (χ3n) is 2.96. The van der Waals surface area contributed by atoms with Crippen molar-refractivity contribution in [3.8, 4) is 0 Å². The summed E-state index contributed by atoms with van der Waals surface area (Å²) in [5.74, 6) is -0.0845. The van der Waals surface area contributed by atoms with E-state index < -0.39 is 0 Å². The van der Waals surface area contributed by atoms with Gasteiger partial charge >= 0.3 is 0 Å². The first kappa shape index (κ1) is 14.7. The third kappa shape index (κ3) is 3.43. The van der Waals surface area contributed by atoms with E-state index in [2.05, 4.69) is 10.3 Å². The summed E-state index contributed by atoms with van der Waals surface area (Å²) in [6, 6.07) is 9.86. The van der Waals surface area contributed by atoms with Crippen LogP contribution in [0, 0.1) is 6.92 Å². The first-order valence-electron chi connectivity index (χ1n) is 6.43. The van der Waals surface area contributed by atoms with Crippen molar-refractivity contribution in [2.75, 3.05) is 7.11 Å². The first-order valence-corrected chi connectivity index (χ1v) is 7.24. The Balaban J connectivity index is 2.08. The summed E-state index contributed by atoms with van der Waals surface area (Å²) in [5.41, 5.74) is 1.83. The average Bonchev–Trinajstić information content (AvgIpc) is 2.81. The summed E-state index contributed by atoms with van der Waals surface area (Å²) in [6.45, 7) is 4.25. The highest BCUT2D eigenvalue weighted by atomic mass is 32.1. The van der Waals surface area contributed by atoms with E-state index in [1.807, 2.05) is 44.2 Å². The second-order valence-electron chi connectivity index (χ2n) is 4.56. The van der Waals surface area contributed by atoms with E-state index in [-0.39, 0.29) is 11.9 Å². The lowest BCUT2D eigenvalue weighted by molar-refractivity contribution is 0.0943. The van der Waals surface area contributed by atoms with E-state index in [4.69, 9.17) is 4.74 Å². The maximum atomic E-state index is 12.3. The molecule has 4 nitrogen and oxygen atoms in total. The number of amides is 1. The molecular formula is C15H18N2O2S. The number of thiazole rings is 1. The molecule has 0 aliphatic rings. The van der Waals surface area contributed by atoms with Crippen LogP contribution in [0.25, 0.3) is 0 Å². The number of benzene rings is 1. The van der Waals surface area contributed by atoms with Crippen LogP contribution in [0.4, 0.5) is 0 Å². The third-order valence-corrected chi connectivity index (χ3v) is 4.09. The van der Waals surface area contributed by atoms with Gasteiger partial charge in [0.25, 0.3) is 5.91 Å². The quantitative estimate of drug-likeness (QED) is 0.920. The van der Waals surface area contributed by atoms with Crippen LogP contribution in [0.15, 0.2) is 30.3 Å². The molecule has 2 rings (SSSR count). The smallest absolute Gasteiger partial charge is 0.263 e. The number of ether oxygens (including phenoxy) is 1. The summed E-state index contributed by atoms with van der Waals surface area (Å²) in [7, 11) is 1.62. The minimum absolute atomic E-state index is 0.0314. The van der Waals surface area contributed by atoms with Crippen LogP contribution in [0.3, 0.4) is 0 Å². The average molecular weight is 290 g/mol. The SMILES string of the molecule is COCc1nc(C)c(C(=O)NC(C)c2ccccc2)s1. The molecule has 1 heterocycles. The predicted octanol–water partition coefficient (Wildman–Crippen LogP) is 3.09. The van der Waals surface area contributed by atoms with Crippen molar-refractivity contribution < 1.29 is 9.53 Å². The van der Waals surface area contributed by atoms with Crippen LogP contribution in [-0.2, 0) is 11.3 Å². The molecule has 5 heteroatoms. The van der Waals surface area contributed by atoms with Gasteiger partial charge in [0.1, 0.15) is 9.88 Å². The Morgan fingerprint density at radius 1 is 1.40 bits per heavy atom. The van der Waals surface area contributed by atoms with Gasteiger partial charge in [-0.05, 0) is 19.4 Å². The normalized spacial score (nSPS) is 12.2. The van der Waals surface area contributed by atoms with Crippen LogP contribution in [0.2, 0.25) is 0 Å². The Labute approximate surface area is 122 Å². The fraction of sp³-hybridized carbons (Fsp3) is 0.333. The summed E-state index contributed by atoms with van der Waals surface area (Å²) in [6.07, 6.45) is 0. The number of rotatable bonds is 5. The molecule has 1 N–H and O–H groups in total.